The second-order valence-corrected chi connectivity index (χ2v) is 5.90. The van der Waals surface area contributed by atoms with Crippen LogP contribution in [-0.2, 0) is 4.79 Å². The minimum absolute atomic E-state index is 0.133. The molecule has 0 aliphatic carbocycles. The number of benzene rings is 2. The van der Waals surface area contributed by atoms with Gasteiger partial charge in [-0.05, 0) is 50.2 Å². The fourth-order valence-corrected chi connectivity index (χ4v) is 2.64. The number of carbonyl (C=O) groups is 1. The van der Waals surface area contributed by atoms with E-state index in [2.05, 4.69) is 16.7 Å². The molecule has 2 rings (SSSR count). The van der Waals surface area contributed by atoms with Gasteiger partial charge in [-0.1, -0.05) is 6.07 Å². The molecule has 2 N–H and O–H groups in total. The van der Waals surface area contributed by atoms with E-state index in [4.69, 9.17) is 14.7 Å². The van der Waals surface area contributed by atoms with Crippen molar-refractivity contribution < 1.29 is 14.3 Å². The minimum Gasteiger partial charge on any atom is -0.497 e. The number of rotatable bonds is 7. The molecule has 136 valence electrons. The number of hydrogen-bond acceptors (Lipinski definition) is 5. The molecule has 1 amide bonds. The Labute approximate surface area is 153 Å². The van der Waals surface area contributed by atoms with Gasteiger partial charge in [0.05, 0.1) is 31.9 Å². The molecule has 2 unspecified atom stereocenters. The predicted octanol–water partition coefficient (Wildman–Crippen LogP) is 3.25. The normalized spacial score (nSPS) is 12.6. The topological polar surface area (TPSA) is 83.4 Å². The maximum absolute atomic E-state index is 12.4. The Balaban J connectivity index is 2.07. The third kappa shape index (κ3) is 4.74. The number of methoxy groups -OCH3 is 2. The summed E-state index contributed by atoms with van der Waals surface area (Å²) in [6, 6.07) is 13.8. The molecule has 0 fully saturated rings. The van der Waals surface area contributed by atoms with E-state index in [1.165, 1.54) is 0 Å². The summed E-state index contributed by atoms with van der Waals surface area (Å²) in [6.45, 7) is 3.74. The van der Waals surface area contributed by atoms with Gasteiger partial charge in [0.1, 0.15) is 11.5 Å². The SMILES string of the molecule is COc1ccc(OC)c(C(C)NC(C)C(=O)Nc2cccc(C#N)c2)c1. The molecule has 6 heteroatoms. The lowest BCUT2D eigenvalue weighted by molar-refractivity contribution is -0.117. The van der Waals surface area contributed by atoms with Crippen LogP contribution in [-0.4, -0.2) is 26.2 Å². The summed E-state index contributed by atoms with van der Waals surface area (Å²) in [5, 5.41) is 15.0. The van der Waals surface area contributed by atoms with E-state index in [0.717, 1.165) is 17.1 Å². The van der Waals surface area contributed by atoms with Crippen molar-refractivity contribution in [3.63, 3.8) is 0 Å². The van der Waals surface area contributed by atoms with Crippen LogP contribution in [0.5, 0.6) is 11.5 Å². The average Bonchev–Trinajstić information content (AvgIpc) is 2.67. The third-order valence-electron chi connectivity index (χ3n) is 4.06. The molecule has 0 bridgehead atoms. The first-order valence-electron chi connectivity index (χ1n) is 8.27. The highest BCUT2D eigenvalue weighted by Gasteiger charge is 2.19. The zero-order valence-electron chi connectivity index (χ0n) is 15.4. The molecule has 2 aromatic carbocycles. The van der Waals surface area contributed by atoms with Crippen LogP contribution in [0.2, 0.25) is 0 Å². The third-order valence-corrected chi connectivity index (χ3v) is 4.06. The average molecular weight is 353 g/mol. The van der Waals surface area contributed by atoms with Crippen LogP contribution in [0.1, 0.15) is 31.0 Å². The van der Waals surface area contributed by atoms with Crippen molar-refractivity contribution in [1.29, 1.82) is 5.26 Å². The lowest BCUT2D eigenvalue weighted by Gasteiger charge is -2.22. The Kier molecular flexibility index (Phi) is 6.59. The van der Waals surface area contributed by atoms with Gasteiger partial charge in [0.2, 0.25) is 5.91 Å². The van der Waals surface area contributed by atoms with Crippen molar-refractivity contribution in [2.45, 2.75) is 25.9 Å². The van der Waals surface area contributed by atoms with Crippen LogP contribution in [0.15, 0.2) is 42.5 Å². The summed E-state index contributed by atoms with van der Waals surface area (Å²) in [7, 11) is 3.21. The molecule has 26 heavy (non-hydrogen) atoms. The quantitative estimate of drug-likeness (QED) is 0.798. The first-order chi connectivity index (χ1) is 12.5. The predicted molar refractivity (Wildman–Crippen MR) is 100 cm³/mol. The maximum Gasteiger partial charge on any atom is 0.241 e. The molecule has 0 radical (unpaired) electrons. The number of anilines is 1. The Morgan fingerprint density at radius 3 is 2.54 bits per heavy atom. The summed E-state index contributed by atoms with van der Waals surface area (Å²) >= 11 is 0. The highest BCUT2D eigenvalue weighted by atomic mass is 16.5. The summed E-state index contributed by atoms with van der Waals surface area (Å²) in [4.78, 5) is 12.4. The fraction of sp³-hybridized carbons (Fsp3) is 0.300. The molecule has 0 saturated carbocycles. The van der Waals surface area contributed by atoms with Crippen LogP contribution < -0.4 is 20.1 Å². The molecule has 0 aliphatic rings. The number of amides is 1. The molecule has 0 aromatic heterocycles. The number of nitriles is 1. The smallest absolute Gasteiger partial charge is 0.241 e. The van der Waals surface area contributed by atoms with Gasteiger partial charge < -0.3 is 14.8 Å². The van der Waals surface area contributed by atoms with Gasteiger partial charge in [0, 0.05) is 17.3 Å². The van der Waals surface area contributed by atoms with Crippen LogP contribution in [0.4, 0.5) is 5.69 Å². The molecule has 2 atom stereocenters. The highest BCUT2D eigenvalue weighted by Crippen LogP contribution is 2.29. The molecular formula is C20H23N3O3. The van der Waals surface area contributed by atoms with Gasteiger partial charge in [-0.3, -0.25) is 10.1 Å². The van der Waals surface area contributed by atoms with Crippen LogP contribution in [0, 0.1) is 11.3 Å². The summed E-state index contributed by atoms with van der Waals surface area (Å²) in [5.74, 6) is 1.26. The first-order valence-corrected chi connectivity index (χ1v) is 8.27. The molecule has 0 heterocycles. The zero-order chi connectivity index (χ0) is 19.1. The molecule has 0 aliphatic heterocycles. The van der Waals surface area contributed by atoms with Crippen molar-refractivity contribution in [1.82, 2.24) is 5.32 Å². The Morgan fingerprint density at radius 1 is 1.12 bits per heavy atom. The van der Waals surface area contributed by atoms with Crippen LogP contribution in [0.25, 0.3) is 0 Å². The summed E-state index contributed by atoms with van der Waals surface area (Å²) in [5.41, 5.74) is 1.99. The van der Waals surface area contributed by atoms with Crippen molar-refractivity contribution in [3.8, 4) is 17.6 Å². The van der Waals surface area contributed by atoms with E-state index in [9.17, 15) is 4.79 Å². The Morgan fingerprint density at radius 2 is 1.88 bits per heavy atom. The van der Waals surface area contributed by atoms with Crippen LogP contribution >= 0.6 is 0 Å². The van der Waals surface area contributed by atoms with E-state index in [1.54, 1.807) is 45.4 Å². The monoisotopic (exact) mass is 353 g/mol. The molecule has 0 saturated heterocycles. The van der Waals surface area contributed by atoms with Gasteiger partial charge >= 0.3 is 0 Å². The van der Waals surface area contributed by atoms with Crippen molar-refractivity contribution >= 4 is 11.6 Å². The Hall–Kier alpha value is -3.04. The number of hydrogen-bond donors (Lipinski definition) is 2. The van der Waals surface area contributed by atoms with E-state index >= 15 is 0 Å². The minimum atomic E-state index is -0.452. The number of nitrogens with one attached hydrogen (secondary N) is 2. The Bertz CT molecular complexity index is 814. The number of nitrogens with zero attached hydrogens (tertiary/aromatic N) is 1. The first kappa shape index (κ1) is 19.3. The van der Waals surface area contributed by atoms with E-state index in [0.29, 0.717) is 11.3 Å². The lowest BCUT2D eigenvalue weighted by Crippen LogP contribution is -2.39. The maximum atomic E-state index is 12.4. The van der Waals surface area contributed by atoms with E-state index in [1.807, 2.05) is 25.1 Å². The van der Waals surface area contributed by atoms with Gasteiger partial charge in [-0.15, -0.1) is 0 Å². The van der Waals surface area contributed by atoms with Crippen molar-refractivity contribution in [2.24, 2.45) is 0 Å². The van der Waals surface area contributed by atoms with Gasteiger partial charge in [0.25, 0.3) is 0 Å². The van der Waals surface area contributed by atoms with E-state index in [-0.39, 0.29) is 11.9 Å². The largest absolute Gasteiger partial charge is 0.497 e. The highest BCUT2D eigenvalue weighted by molar-refractivity contribution is 5.94. The molecule has 2 aromatic rings. The standard InChI is InChI=1S/C20H23N3O3/c1-13(18-11-17(25-3)8-9-19(18)26-4)22-14(2)20(24)23-16-7-5-6-15(10-16)12-21/h5-11,13-14,22H,1-4H3,(H,23,24). The second-order valence-electron chi connectivity index (χ2n) is 5.90. The lowest BCUT2D eigenvalue weighted by atomic mass is 10.1. The molecule has 6 nitrogen and oxygen atoms in total. The summed E-state index contributed by atoms with van der Waals surface area (Å²) in [6.07, 6.45) is 0. The number of carbonyl (C=O) groups excluding carboxylic acids is 1. The van der Waals surface area contributed by atoms with Crippen molar-refractivity contribution in [3.05, 3.63) is 53.6 Å². The zero-order valence-corrected chi connectivity index (χ0v) is 15.4. The fourth-order valence-electron chi connectivity index (χ4n) is 2.64. The summed E-state index contributed by atoms with van der Waals surface area (Å²) < 4.78 is 10.7. The molecule has 0 spiro atoms. The van der Waals surface area contributed by atoms with Crippen molar-refractivity contribution in [2.75, 3.05) is 19.5 Å². The molecular weight excluding hydrogens is 330 g/mol. The number of ether oxygens (including phenoxy) is 2. The second kappa shape index (κ2) is 8.88. The van der Waals surface area contributed by atoms with Gasteiger partial charge in [-0.2, -0.15) is 5.26 Å². The van der Waals surface area contributed by atoms with E-state index < -0.39 is 6.04 Å². The van der Waals surface area contributed by atoms with Gasteiger partial charge in [0.15, 0.2) is 0 Å². The van der Waals surface area contributed by atoms with Gasteiger partial charge in [-0.25, -0.2) is 0 Å². The van der Waals surface area contributed by atoms with Crippen LogP contribution in [0.3, 0.4) is 0 Å².